The highest BCUT2D eigenvalue weighted by Crippen LogP contribution is 2.29. The molecule has 0 radical (unpaired) electrons. The molecule has 6 heteroatoms. The van der Waals surface area contributed by atoms with Gasteiger partial charge in [0.25, 0.3) is 0 Å². The molecule has 0 fully saturated rings. The zero-order chi connectivity index (χ0) is 20.8. The lowest BCUT2D eigenvalue weighted by atomic mass is 9.81. The zero-order valence-electron chi connectivity index (χ0n) is 16.5. The lowest BCUT2D eigenvalue weighted by molar-refractivity contribution is -0.148. The van der Waals surface area contributed by atoms with Crippen LogP contribution in [0.1, 0.15) is 58.6 Å². The number of carbonyl (C=O) groups is 3. The fourth-order valence-corrected chi connectivity index (χ4v) is 2.84. The highest BCUT2D eigenvalue weighted by Gasteiger charge is 2.32. The van der Waals surface area contributed by atoms with Crippen LogP contribution in [0.2, 0.25) is 0 Å². The van der Waals surface area contributed by atoms with Gasteiger partial charge < -0.3 is 9.84 Å². The van der Waals surface area contributed by atoms with Crippen LogP contribution in [0.4, 0.5) is 0 Å². The zero-order valence-corrected chi connectivity index (χ0v) is 17.4. The Hall–Kier alpha value is -2.08. The van der Waals surface area contributed by atoms with Crippen LogP contribution in [-0.4, -0.2) is 34.2 Å². The van der Waals surface area contributed by atoms with Crippen LogP contribution in [0.15, 0.2) is 29.8 Å². The molecule has 5 nitrogen and oxygen atoms in total. The number of aliphatic carboxylic acids is 1. The quantitative estimate of drug-likeness (QED) is 0.287. The Morgan fingerprint density at radius 2 is 1.81 bits per heavy atom. The van der Waals surface area contributed by atoms with Crippen molar-refractivity contribution in [3.63, 3.8) is 0 Å². The third-order valence-corrected chi connectivity index (χ3v) is 4.60. The molecule has 0 saturated heterocycles. The molecule has 1 atom stereocenters. The summed E-state index contributed by atoms with van der Waals surface area (Å²) in [5.74, 6) is -2.06. The van der Waals surface area contributed by atoms with E-state index < -0.39 is 28.4 Å². The van der Waals surface area contributed by atoms with Crippen LogP contribution < -0.4 is 0 Å². The number of allylic oxidation sites excluding steroid dienone is 1. The molecule has 0 aliphatic heterocycles. The van der Waals surface area contributed by atoms with Crippen LogP contribution >= 0.6 is 12.6 Å². The SMILES string of the molecule is CCC/C(=C/c1ccccc1C(C)(C)C(=O)O)C(=O)C(S)C(=O)OC(C)C. The maximum atomic E-state index is 12.8. The molecular weight excluding hydrogens is 364 g/mol. The van der Waals surface area contributed by atoms with E-state index in [-0.39, 0.29) is 6.10 Å². The van der Waals surface area contributed by atoms with Gasteiger partial charge in [0.1, 0.15) is 0 Å². The van der Waals surface area contributed by atoms with Crippen molar-refractivity contribution in [2.24, 2.45) is 0 Å². The number of hydrogen-bond donors (Lipinski definition) is 2. The molecule has 0 aliphatic carbocycles. The molecule has 1 aromatic carbocycles. The minimum atomic E-state index is -1.20. The summed E-state index contributed by atoms with van der Waals surface area (Å²) in [6.45, 7) is 8.56. The first kappa shape index (κ1) is 23.0. The second-order valence-corrected chi connectivity index (χ2v) is 7.71. The van der Waals surface area contributed by atoms with Gasteiger partial charge in [0.15, 0.2) is 11.0 Å². The second kappa shape index (κ2) is 9.74. The highest BCUT2D eigenvalue weighted by molar-refractivity contribution is 7.82. The summed E-state index contributed by atoms with van der Waals surface area (Å²) in [4.78, 5) is 36.5. The molecule has 0 saturated carbocycles. The van der Waals surface area contributed by atoms with Gasteiger partial charge in [-0.05, 0) is 56.9 Å². The summed E-state index contributed by atoms with van der Waals surface area (Å²) in [5, 5.41) is 8.35. The van der Waals surface area contributed by atoms with Gasteiger partial charge in [-0.3, -0.25) is 14.4 Å². The van der Waals surface area contributed by atoms with Crippen molar-refractivity contribution < 1.29 is 24.2 Å². The summed E-state index contributed by atoms with van der Waals surface area (Å²) in [5.41, 5.74) is 0.537. The third kappa shape index (κ3) is 5.96. The third-order valence-electron chi connectivity index (χ3n) is 4.16. The molecule has 0 aromatic heterocycles. The number of hydrogen-bond acceptors (Lipinski definition) is 5. The molecule has 27 heavy (non-hydrogen) atoms. The van der Waals surface area contributed by atoms with E-state index in [1.807, 2.05) is 6.92 Å². The predicted molar refractivity (Wildman–Crippen MR) is 109 cm³/mol. The number of carbonyl (C=O) groups excluding carboxylic acids is 2. The van der Waals surface area contributed by atoms with Crippen molar-refractivity contribution in [1.82, 2.24) is 0 Å². The normalized spacial score (nSPS) is 13.4. The smallest absolute Gasteiger partial charge is 0.327 e. The number of ether oxygens (including phenoxy) is 1. The number of benzene rings is 1. The Labute approximate surface area is 166 Å². The molecule has 1 unspecified atom stereocenters. The largest absolute Gasteiger partial charge is 0.481 e. The van der Waals surface area contributed by atoms with E-state index in [9.17, 15) is 19.5 Å². The minimum absolute atomic E-state index is 0.337. The van der Waals surface area contributed by atoms with E-state index in [1.54, 1.807) is 58.0 Å². The summed E-state index contributed by atoms with van der Waals surface area (Å²) < 4.78 is 5.08. The van der Waals surface area contributed by atoms with Crippen LogP contribution in [-0.2, 0) is 24.5 Å². The van der Waals surface area contributed by atoms with Crippen LogP contribution in [0.5, 0.6) is 0 Å². The summed E-state index contributed by atoms with van der Waals surface area (Å²) in [6, 6.07) is 7.05. The Balaban J connectivity index is 3.33. The van der Waals surface area contributed by atoms with E-state index in [0.717, 1.165) is 0 Å². The van der Waals surface area contributed by atoms with Gasteiger partial charge >= 0.3 is 11.9 Å². The predicted octanol–water partition coefficient (Wildman–Crippen LogP) is 4.05. The number of thiol groups is 1. The molecule has 0 spiro atoms. The van der Waals surface area contributed by atoms with Crippen molar-refractivity contribution in [3.05, 3.63) is 41.0 Å². The topological polar surface area (TPSA) is 80.7 Å². The van der Waals surface area contributed by atoms with Gasteiger partial charge in [0.2, 0.25) is 0 Å². The van der Waals surface area contributed by atoms with Gasteiger partial charge in [0, 0.05) is 0 Å². The molecule has 0 amide bonds. The fraction of sp³-hybridized carbons (Fsp3) is 0.476. The molecule has 1 N–H and O–H groups in total. The van der Waals surface area contributed by atoms with E-state index >= 15 is 0 Å². The Bertz CT molecular complexity index is 734. The number of carboxylic acids is 1. The number of ketones is 1. The van der Waals surface area contributed by atoms with Crippen molar-refractivity contribution in [3.8, 4) is 0 Å². The summed E-state index contributed by atoms with van der Waals surface area (Å²) in [6.07, 6.45) is 2.47. The van der Waals surface area contributed by atoms with Gasteiger partial charge in [-0.2, -0.15) is 12.6 Å². The average molecular weight is 393 g/mol. The van der Waals surface area contributed by atoms with Gasteiger partial charge in [-0.1, -0.05) is 37.6 Å². The van der Waals surface area contributed by atoms with E-state index in [0.29, 0.717) is 29.5 Å². The highest BCUT2D eigenvalue weighted by atomic mass is 32.1. The monoisotopic (exact) mass is 392 g/mol. The van der Waals surface area contributed by atoms with Crippen LogP contribution in [0.3, 0.4) is 0 Å². The number of rotatable bonds is 9. The standard InChI is InChI=1S/C21H28O5S/c1-6-9-15(17(22)18(27)19(23)26-13(2)3)12-14-10-7-8-11-16(14)21(4,5)20(24)25/h7-8,10-13,18,27H,6,9H2,1-5H3,(H,24,25)/b15-12-. The van der Waals surface area contributed by atoms with Crippen LogP contribution in [0, 0.1) is 0 Å². The van der Waals surface area contributed by atoms with Gasteiger partial charge in [0.05, 0.1) is 11.5 Å². The molecule has 0 bridgehead atoms. The molecule has 0 heterocycles. The first-order valence-electron chi connectivity index (χ1n) is 8.98. The summed E-state index contributed by atoms with van der Waals surface area (Å²) >= 11 is 4.15. The molecule has 1 aromatic rings. The summed E-state index contributed by atoms with van der Waals surface area (Å²) in [7, 11) is 0. The fourth-order valence-electron chi connectivity index (χ4n) is 2.61. The second-order valence-electron chi connectivity index (χ2n) is 7.19. The van der Waals surface area contributed by atoms with Crippen molar-refractivity contribution in [2.75, 3.05) is 0 Å². The van der Waals surface area contributed by atoms with Crippen LogP contribution in [0.25, 0.3) is 6.08 Å². The maximum Gasteiger partial charge on any atom is 0.327 e. The van der Waals surface area contributed by atoms with Crippen molar-refractivity contribution >= 4 is 36.4 Å². The maximum absolute atomic E-state index is 12.8. The van der Waals surface area contributed by atoms with Gasteiger partial charge in [-0.15, -0.1) is 0 Å². The first-order chi connectivity index (χ1) is 12.5. The van der Waals surface area contributed by atoms with E-state index in [2.05, 4.69) is 12.6 Å². The molecule has 0 aliphatic rings. The van der Waals surface area contributed by atoms with Crippen molar-refractivity contribution in [1.29, 1.82) is 0 Å². The van der Waals surface area contributed by atoms with E-state index in [4.69, 9.17) is 4.74 Å². The molecular formula is C21H28O5S. The van der Waals surface area contributed by atoms with Gasteiger partial charge in [-0.25, -0.2) is 0 Å². The van der Waals surface area contributed by atoms with Crippen molar-refractivity contribution in [2.45, 2.75) is 64.2 Å². The van der Waals surface area contributed by atoms with E-state index in [1.165, 1.54) is 0 Å². The minimum Gasteiger partial charge on any atom is -0.481 e. The first-order valence-corrected chi connectivity index (χ1v) is 9.50. The number of carboxylic acid groups (broad SMARTS) is 1. The Morgan fingerprint density at radius 1 is 1.22 bits per heavy atom. The molecule has 148 valence electrons. The Kier molecular flexibility index (Phi) is 8.28. The molecule has 1 rings (SSSR count). The lowest BCUT2D eigenvalue weighted by Gasteiger charge is -2.22. The Morgan fingerprint density at radius 3 is 2.33 bits per heavy atom. The average Bonchev–Trinajstić information content (AvgIpc) is 2.59. The lowest BCUT2D eigenvalue weighted by Crippen LogP contribution is -2.30. The number of esters is 1. The number of Topliss-reactive ketones (excluding diaryl/α,β-unsaturated/α-hetero) is 1.